The standard InChI is InChI=1S/C17H25NO2/c1-12-3-4-15(9-12)11-18-10-14-5-7-16(8-6-14)13(2)17(19)20/h5-8,12-13,15,18H,3-4,9-11H2,1-2H3,(H,19,20). The van der Waals surface area contributed by atoms with Gasteiger partial charge in [0.15, 0.2) is 0 Å². The largest absolute Gasteiger partial charge is 0.481 e. The zero-order valence-corrected chi connectivity index (χ0v) is 12.4. The summed E-state index contributed by atoms with van der Waals surface area (Å²) in [6.45, 7) is 6.02. The minimum atomic E-state index is -0.772. The molecule has 0 amide bonds. The summed E-state index contributed by atoms with van der Waals surface area (Å²) in [4.78, 5) is 10.9. The highest BCUT2D eigenvalue weighted by Crippen LogP contribution is 2.29. The van der Waals surface area contributed by atoms with Crippen molar-refractivity contribution < 1.29 is 9.90 Å². The Morgan fingerprint density at radius 1 is 1.35 bits per heavy atom. The number of nitrogens with one attached hydrogen (secondary N) is 1. The lowest BCUT2D eigenvalue weighted by molar-refractivity contribution is -0.138. The summed E-state index contributed by atoms with van der Waals surface area (Å²) >= 11 is 0. The van der Waals surface area contributed by atoms with Crippen LogP contribution < -0.4 is 5.32 Å². The molecule has 0 radical (unpaired) electrons. The van der Waals surface area contributed by atoms with Crippen LogP contribution in [0.3, 0.4) is 0 Å². The van der Waals surface area contributed by atoms with Crippen molar-refractivity contribution in [1.82, 2.24) is 5.32 Å². The second-order valence-electron chi connectivity index (χ2n) is 6.22. The van der Waals surface area contributed by atoms with E-state index < -0.39 is 11.9 Å². The first-order valence-corrected chi connectivity index (χ1v) is 7.58. The Morgan fingerprint density at radius 3 is 2.60 bits per heavy atom. The molecule has 0 aliphatic heterocycles. The zero-order valence-electron chi connectivity index (χ0n) is 12.4. The third kappa shape index (κ3) is 4.07. The highest BCUT2D eigenvalue weighted by molar-refractivity contribution is 5.75. The van der Waals surface area contributed by atoms with Crippen molar-refractivity contribution >= 4 is 5.97 Å². The first-order valence-electron chi connectivity index (χ1n) is 7.58. The highest BCUT2D eigenvalue weighted by atomic mass is 16.4. The maximum atomic E-state index is 10.9. The summed E-state index contributed by atoms with van der Waals surface area (Å²) in [6.07, 6.45) is 4.07. The second-order valence-corrected chi connectivity index (χ2v) is 6.22. The molecule has 0 saturated heterocycles. The van der Waals surface area contributed by atoms with Crippen LogP contribution in [0.1, 0.15) is 50.2 Å². The molecule has 0 spiro atoms. The number of hydrogen-bond donors (Lipinski definition) is 2. The number of benzene rings is 1. The van der Waals surface area contributed by atoms with Crippen LogP contribution in [0, 0.1) is 11.8 Å². The van der Waals surface area contributed by atoms with Crippen LogP contribution in [0.15, 0.2) is 24.3 Å². The molecule has 20 heavy (non-hydrogen) atoms. The van der Waals surface area contributed by atoms with Gasteiger partial charge >= 0.3 is 5.97 Å². The van der Waals surface area contributed by atoms with E-state index >= 15 is 0 Å². The molecule has 2 rings (SSSR count). The second kappa shape index (κ2) is 6.89. The van der Waals surface area contributed by atoms with Crippen molar-refractivity contribution in [2.45, 2.75) is 45.6 Å². The molecule has 1 aromatic carbocycles. The van der Waals surface area contributed by atoms with Gasteiger partial charge in [-0.3, -0.25) is 4.79 Å². The van der Waals surface area contributed by atoms with Crippen molar-refractivity contribution in [3.8, 4) is 0 Å². The molecule has 1 aliphatic carbocycles. The van der Waals surface area contributed by atoms with Gasteiger partial charge in [0, 0.05) is 6.54 Å². The molecule has 2 N–H and O–H groups in total. The first-order chi connectivity index (χ1) is 9.56. The van der Waals surface area contributed by atoms with Crippen molar-refractivity contribution in [2.24, 2.45) is 11.8 Å². The fourth-order valence-electron chi connectivity index (χ4n) is 3.00. The molecule has 0 bridgehead atoms. The van der Waals surface area contributed by atoms with Gasteiger partial charge in [-0.1, -0.05) is 37.6 Å². The van der Waals surface area contributed by atoms with Crippen LogP contribution in [0.5, 0.6) is 0 Å². The molecule has 110 valence electrons. The lowest BCUT2D eigenvalue weighted by Gasteiger charge is -2.12. The molecule has 3 heteroatoms. The maximum Gasteiger partial charge on any atom is 0.310 e. The average molecular weight is 275 g/mol. The molecular formula is C17H25NO2. The lowest BCUT2D eigenvalue weighted by atomic mass is 10.00. The smallest absolute Gasteiger partial charge is 0.310 e. The van der Waals surface area contributed by atoms with Crippen LogP contribution in [-0.4, -0.2) is 17.6 Å². The Kier molecular flexibility index (Phi) is 5.18. The van der Waals surface area contributed by atoms with E-state index in [0.29, 0.717) is 0 Å². The zero-order chi connectivity index (χ0) is 14.5. The minimum absolute atomic E-state index is 0.433. The van der Waals surface area contributed by atoms with E-state index in [4.69, 9.17) is 5.11 Å². The molecule has 0 heterocycles. The molecular weight excluding hydrogens is 250 g/mol. The number of aliphatic carboxylic acids is 1. The number of carbonyl (C=O) groups is 1. The first kappa shape index (κ1) is 15.0. The van der Waals surface area contributed by atoms with Gasteiger partial charge in [0.25, 0.3) is 0 Å². The average Bonchev–Trinajstić information content (AvgIpc) is 2.84. The van der Waals surface area contributed by atoms with E-state index in [1.807, 2.05) is 24.3 Å². The van der Waals surface area contributed by atoms with Crippen molar-refractivity contribution in [1.29, 1.82) is 0 Å². The predicted octanol–water partition coefficient (Wildman–Crippen LogP) is 3.40. The molecule has 3 unspecified atom stereocenters. The third-order valence-electron chi connectivity index (χ3n) is 4.42. The lowest BCUT2D eigenvalue weighted by Crippen LogP contribution is -2.21. The quantitative estimate of drug-likeness (QED) is 0.836. The summed E-state index contributed by atoms with van der Waals surface area (Å²) < 4.78 is 0. The van der Waals surface area contributed by atoms with Crippen LogP contribution >= 0.6 is 0 Å². The normalized spacial score (nSPS) is 23.7. The van der Waals surface area contributed by atoms with Gasteiger partial charge in [-0.25, -0.2) is 0 Å². The highest BCUT2D eigenvalue weighted by Gasteiger charge is 2.20. The van der Waals surface area contributed by atoms with Crippen LogP contribution in [-0.2, 0) is 11.3 Å². The summed E-state index contributed by atoms with van der Waals surface area (Å²) in [5, 5.41) is 12.5. The van der Waals surface area contributed by atoms with Gasteiger partial charge in [0.2, 0.25) is 0 Å². The Bertz CT molecular complexity index is 441. The topological polar surface area (TPSA) is 49.3 Å². The summed E-state index contributed by atoms with van der Waals surface area (Å²) in [6, 6.07) is 7.90. The van der Waals surface area contributed by atoms with E-state index in [1.165, 1.54) is 24.8 Å². The van der Waals surface area contributed by atoms with E-state index in [-0.39, 0.29) is 0 Å². The number of hydrogen-bond acceptors (Lipinski definition) is 2. The fraction of sp³-hybridized carbons (Fsp3) is 0.588. The van der Waals surface area contributed by atoms with Crippen molar-refractivity contribution in [3.05, 3.63) is 35.4 Å². The minimum Gasteiger partial charge on any atom is -0.481 e. The molecule has 0 aromatic heterocycles. The third-order valence-corrected chi connectivity index (χ3v) is 4.42. The molecule has 1 aromatic rings. The van der Waals surface area contributed by atoms with Gasteiger partial charge in [0.1, 0.15) is 0 Å². The van der Waals surface area contributed by atoms with Crippen molar-refractivity contribution in [2.75, 3.05) is 6.54 Å². The Morgan fingerprint density at radius 2 is 2.05 bits per heavy atom. The Balaban J connectivity index is 1.77. The van der Waals surface area contributed by atoms with E-state index in [9.17, 15) is 4.79 Å². The van der Waals surface area contributed by atoms with Crippen LogP contribution in [0.2, 0.25) is 0 Å². The van der Waals surface area contributed by atoms with Gasteiger partial charge < -0.3 is 10.4 Å². The van der Waals surface area contributed by atoms with Crippen LogP contribution in [0.25, 0.3) is 0 Å². The van der Waals surface area contributed by atoms with Crippen LogP contribution in [0.4, 0.5) is 0 Å². The van der Waals surface area contributed by atoms with Gasteiger partial charge in [-0.05, 0) is 49.3 Å². The SMILES string of the molecule is CC1CCC(CNCc2ccc(C(C)C(=O)O)cc2)C1. The Labute approximate surface area is 121 Å². The number of carboxylic acid groups (broad SMARTS) is 1. The predicted molar refractivity (Wildman–Crippen MR) is 80.7 cm³/mol. The summed E-state index contributed by atoms with van der Waals surface area (Å²) in [5.74, 6) is 0.512. The number of rotatable bonds is 6. The fourth-order valence-corrected chi connectivity index (χ4v) is 3.00. The van der Waals surface area contributed by atoms with Crippen molar-refractivity contribution in [3.63, 3.8) is 0 Å². The molecule has 1 saturated carbocycles. The van der Waals surface area contributed by atoms with Gasteiger partial charge in [0.05, 0.1) is 5.92 Å². The summed E-state index contributed by atoms with van der Waals surface area (Å²) in [7, 11) is 0. The van der Waals surface area contributed by atoms with E-state index in [1.54, 1.807) is 6.92 Å². The monoisotopic (exact) mass is 275 g/mol. The van der Waals surface area contributed by atoms with E-state index in [0.717, 1.165) is 30.5 Å². The number of carboxylic acids is 1. The summed E-state index contributed by atoms with van der Waals surface area (Å²) in [5.41, 5.74) is 2.09. The maximum absolute atomic E-state index is 10.9. The van der Waals surface area contributed by atoms with Gasteiger partial charge in [-0.2, -0.15) is 0 Å². The molecule has 1 fully saturated rings. The molecule has 3 atom stereocenters. The molecule has 3 nitrogen and oxygen atoms in total. The van der Waals surface area contributed by atoms with E-state index in [2.05, 4.69) is 12.2 Å². The molecule has 1 aliphatic rings. The van der Waals surface area contributed by atoms with Gasteiger partial charge in [-0.15, -0.1) is 0 Å². The Hall–Kier alpha value is -1.35.